The normalized spacial score (nSPS) is 18.7. The predicted octanol–water partition coefficient (Wildman–Crippen LogP) is 1.88. The minimum atomic E-state index is -2.95. The van der Waals surface area contributed by atoms with Crippen LogP contribution in [0.25, 0.3) is 0 Å². The minimum absolute atomic E-state index is 0.0987. The molecule has 1 heterocycles. The van der Waals surface area contributed by atoms with Crippen molar-refractivity contribution >= 4 is 44.6 Å². The van der Waals surface area contributed by atoms with Gasteiger partial charge < -0.3 is 11.1 Å². The van der Waals surface area contributed by atoms with E-state index in [9.17, 15) is 13.2 Å². The van der Waals surface area contributed by atoms with Gasteiger partial charge in [-0.3, -0.25) is 4.79 Å². The summed E-state index contributed by atoms with van der Waals surface area (Å²) in [5, 5.41) is 3.21. The predicted molar refractivity (Wildman–Crippen MR) is 80.0 cm³/mol. The number of rotatable bonds is 2. The third kappa shape index (κ3) is 3.56. The first-order valence-electron chi connectivity index (χ1n) is 6.04. The van der Waals surface area contributed by atoms with E-state index in [1.807, 2.05) is 0 Å². The SMILES string of the molecule is Nc1cc(C(=O)NC2CCS(=O)(=O)CC2)cc(Cl)c1Cl. The van der Waals surface area contributed by atoms with Gasteiger partial charge in [-0.2, -0.15) is 0 Å². The first-order valence-corrected chi connectivity index (χ1v) is 8.62. The maximum atomic E-state index is 12.1. The van der Waals surface area contributed by atoms with E-state index in [4.69, 9.17) is 28.9 Å². The van der Waals surface area contributed by atoms with Crippen LogP contribution in [-0.4, -0.2) is 31.9 Å². The van der Waals surface area contributed by atoms with Crippen LogP contribution in [0, 0.1) is 0 Å². The standard InChI is InChI=1S/C12H14Cl2N2O3S/c13-9-5-7(6-10(15)11(9)14)12(17)16-8-1-3-20(18,19)4-2-8/h5-6,8H,1-4,15H2,(H,16,17). The van der Waals surface area contributed by atoms with Gasteiger partial charge in [-0.05, 0) is 25.0 Å². The summed E-state index contributed by atoms with van der Waals surface area (Å²) in [6, 6.07) is 2.74. The van der Waals surface area contributed by atoms with Crippen LogP contribution in [0.1, 0.15) is 23.2 Å². The number of nitrogen functional groups attached to an aromatic ring is 1. The van der Waals surface area contributed by atoms with Crippen molar-refractivity contribution in [3.05, 3.63) is 27.7 Å². The van der Waals surface area contributed by atoms with Gasteiger partial charge in [0, 0.05) is 11.6 Å². The summed E-state index contributed by atoms with van der Waals surface area (Å²) in [5.74, 6) is -0.136. The number of sulfone groups is 1. The van der Waals surface area contributed by atoms with Gasteiger partial charge in [-0.1, -0.05) is 23.2 Å². The van der Waals surface area contributed by atoms with Crippen molar-refractivity contribution in [2.75, 3.05) is 17.2 Å². The Morgan fingerprint density at radius 2 is 1.85 bits per heavy atom. The van der Waals surface area contributed by atoms with Crippen LogP contribution in [0.15, 0.2) is 12.1 Å². The third-order valence-electron chi connectivity index (χ3n) is 3.21. The summed E-state index contributed by atoms with van der Waals surface area (Å²) in [6.07, 6.45) is 0.843. The third-order valence-corrected chi connectivity index (χ3v) is 5.74. The van der Waals surface area contributed by atoms with Crippen molar-refractivity contribution in [1.29, 1.82) is 0 Å². The van der Waals surface area contributed by atoms with E-state index >= 15 is 0 Å². The molecule has 1 aromatic carbocycles. The molecule has 3 N–H and O–H groups in total. The molecule has 0 bridgehead atoms. The molecule has 1 saturated heterocycles. The van der Waals surface area contributed by atoms with Gasteiger partial charge in [-0.25, -0.2) is 8.42 Å². The lowest BCUT2D eigenvalue weighted by atomic mass is 10.1. The quantitative estimate of drug-likeness (QED) is 0.807. The molecule has 5 nitrogen and oxygen atoms in total. The van der Waals surface area contributed by atoms with Crippen molar-refractivity contribution in [2.45, 2.75) is 18.9 Å². The van der Waals surface area contributed by atoms with E-state index in [0.29, 0.717) is 18.4 Å². The number of carbonyl (C=O) groups excluding carboxylic acids is 1. The highest BCUT2D eigenvalue weighted by Crippen LogP contribution is 2.29. The van der Waals surface area contributed by atoms with Crippen LogP contribution >= 0.6 is 23.2 Å². The second kappa shape index (κ2) is 5.79. The number of benzene rings is 1. The van der Waals surface area contributed by atoms with Crippen molar-refractivity contribution in [1.82, 2.24) is 5.32 Å². The van der Waals surface area contributed by atoms with Gasteiger partial charge in [-0.15, -0.1) is 0 Å². The highest BCUT2D eigenvalue weighted by Gasteiger charge is 2.25. The molecule has 1 amide bonds. The second-order valence-corrected chi connectivity index (χ2v) is 7.85. The van der Waals surface area contributed by atoms with Crippen LogP contribution in [0.3, 0.4) is 0 Å². The van der Waals surface area contributed by atoms with E-state index in [1.54, 1.807) is 0 Å². The zero-order valence-electron chi connectivity index (χ0n) is 10.5. The number of hydrogen-bond acceptors (Lipinski definition) is 4. The van der Waals surface area contributed by atoms with E-state index in [2.05, 4.69) is 5.32 Å². The zero-order valence-corrected chi connectivity index (χ0v) is 12.9. The van der Waals surface area contributed by atoms with Gasteiger partial charge in [0.1, 0.15) is 9.84 Å². The second-order valence-electron chi connectivity index (χ2n) is 4.76. The molecule has 0 radical (unpaired) electrons. The molecule has 1 aromatic rings. The molecule has 1 aliphatic heterocycles. The lowest BCUT2D eigenvalue weighted by Gasteiger charge is -2.23. The average Bonchev–Trinajstić information content (AvgIpc) is 2.37. The Morgan fingerprint density at radius 1 is 1.25 bits per heavy atom. The minimum Gasteiger partial charge on any atom is -0.397 e. The van der Waals surface area contributed by atoms with Crippen molar-refractivity contribution in [3.63, 3.8) is 0 Å². The van der Waals surface area contributed by atoms with E-state index in [1.165, 1.54) is 12.1 Å². The largest absolute Gasteiger partial charge is 0.397 e. The fourth-order valence-electron chi connectivity index (χ4n) is 2.04. The topological polar surface area (TPSA) is 89.3 Å². The van der Waals surface area contributed by atoms with Gasteiger partial charge in [0.25, 0.3) is 5.91 Å². The highest BCUT2D eigenvalue weighted by atomic mass is 35.5. The van der Waals surface area contributed by atoms with Crippen molar-refractivity contribution in [3.8, 4) is 0 Å². The summed E-state index contributed by atoms with van der Waals surface area (Å²) in [6.45, 7) is 0. The summed E-state index contributed by atoms with van der Waals surface area (Å²) in [5.41, 5.74) is 6.19. The van der Waals surface area contributed by atoms with Crippen LogP contribution in [0.4, 0.5) is 5.69 Å². The Bertz CT molecular complexity index is 609. The smallest absolute Gasteiger partial charge is 0.251 e. The summed E-state index contributed by atoms with van der Waals surface area (Å²) < 4.78 is 22.6. The van der Waals surface area contributed by atoms with Crippen LogP contribution in [-0.2, 0) is 9.84 Å². The monoisotopic (exact) mass is 336 g/mol. The number of halogens is 2. The average molecular weight is 337 g/mol. The Labute approximate surface area is 127 Å². The van der Waals surface area contributed by atoms with Crippen LogP contribution < -0.4 is 11.1 Å². The Hall–Kier alpha value is -0.980. The fourth-order valence-corrected chi connectivity index (χ4v) is 3.87. The Balaban J connectivity index is 2.06. The molecule has 0 saturated carbocycles. The summed E-state index contributed by atoms with van der Waals surface area (Å²) >= 11 is 11.7. The molecule has 0 aromatic heterocycles. The van der Waals surface area contributed by atoms with Gasteiger partial charge in [0.2, 0.25) is 0 Å². The molecule has 110 valence electrons. The first-order chi connectivity index (χ1) is 9.28. The lowest BCUT2D eigenvalue weighted by molar-refractivity contribution is 0.0934. The zero-order chi connectivity index (χ0) is 14.9. The molecule has 0 atom stereocenters. The molecule has 0 spiro atoms. The van der Waals surface area contributed by atoms with E-state index in [0.717, 1.165) is 0 Å². The number of anilines is 1. The molecule has 20 heavy (non-hydrogen) atoms. The van der Waals surface area contributed by atoms with Crippen LogP contribution in [0.2, 0.25) is 10.0 Å². The molecule has 0 unspecified atom stereocenters. The van der Waals surface area contributed by atoms with Crippen LogP contribution in [0.5, 0.6) is 0 Å². The maximum absolute atomic E-state index is 12.1. The van der Waals surface area contributed by atoms with E-state index < -0.39 is 9.84 Å². The lowest BCUT2D eigenvalue weighted by Crippen LogP contribution is -2.40. The molecule has 0 aliphatic carbocycles. The molecule has 8 heteroatoms. The van der Waals surface area contributed by atoms with Gasteiger partial charge >= 0.3 is 0 Å². The summed E-state index contributed by atoms with van der Waals surface area (Å²) in [4.78, 5) is 12.1. The molecule has 1 aliphatic rings. The number of amides is 1. The van der Waals surface area contributed by atoms with Crippen molar-refractivity contribution < 1.29 is 13.2 Å². The van der Waals surface area contributed by atoms with Gasteiger partial charge in [0.15, 0.2) is 0 Å². The first kappa shape index (κ1) is 15.4. The summed E-state index contributed by atoms with van der Waals surface area (Å²) in [7, 11) is -2.95. The Morgan fingerprint density at radius 3 is 2.40 bits per heavy atom. The van der Waals surface area contributed by atoms with E-state index in [-0.39, 0.29) is 39.2 Å². The fraction of sp³-hybridized carbons (Fsp3) is 0.417. The Kier molecular flexibility index (Phi) is 4.46. The molecule has 1 fully saturated rings. The number of hydrogen-bond donors (Lipinski definition) is 2. The van der Waals surface area contributed by atoms with Crippen molar-refractivity contribution in [2.24, 2.45) is 0 Å². The number of carbonyl (C=O) groups is 1. The molecular weight excluding hydrogens is 323 g/mol. The number of nitrogens with one attached hydrogen (secondary N) is 1. The van der Waals surface area contributed by atoms with Gasteiger partial charge in [0.05, 0.1) is 27.2 Å². The molecule has 2 rings (SSSR count). The number of nitrogens with two attached hydrogens (primary N) is 1. The highest BCUT2D eigenvalue weighted by molar-refractivity contribution is 7.91. The molecular formula is C12H14Cl2N2O3S. The maximum Gasteiger partial charge on any atom is 0.251 e.